The maximum Gasteiger partial charge on any atom is 0.276 e. The standard InChI is InChI=1S/C13H11BrN2O3/c1-8-6-9(2)12(7-11(8)16(17)18)19-13-10(14)4-3-5-15-13/h3-7H,1-2H3. The van der Waals surface area contributed by atoms with Crippen molar-refractivity contribution >= 4 is 21.6 Å². The first-order valence-corrected chi connectivity index (χ1v) is 6.32. The quantitative estimate of drug-likeness (QED) is 0.628. The van der Waals surface area contributed by atoms with Gasteiger partial charge in [0.15, 0.2) is 0 Å². The molecule has 0 aliphatic rings. The van der Waals surface area contributed by atoms with Crippen LogP contribution in [0, 0.1) is 24.0 Å². The van der Waals surface area contributed by atoms with Crippen LogP contribution in [0.1, 0.15) is 11.1 Å². The van der Waals surface area contributed by atoms with Crippen LogP contribution in [-0.2, 0) is 0 Å². The van der Waals surface area contributed by atoms with Crippen LogP contribution in [0.25, 0.3) is 0 Å². The Hall–Kier alpha value is -1.95. The number of ether oxygens (including phenoxy) is 1. The summed E-state index contributed by atoms with van der Waals surface area (Å²) >= 11 is 3.32. The van der Waals surface area contributed by atoms with Gasteiger partial charge in [-0.3, -0.25) is 10.1 Å². The molecule has 0 bridgehead atoms. The van der Waals surface area contributed by atoms with Crippen molar-refractivity contribution < 1.29 is 9.66 Å². The van der Waals surface area contributed by atoms with E-state index in [1.54, 1.807) is 31.3 Å². The molecule has 0 saturated heterocycles. The van der Waals surface area contributed by atoms with E-state index >= 15 is 0 Å². The molecule has 0 atom stereocenters. The normalized spacial score (nSPS) is 10.3. The van der Waals surface area contributed by atoms with Gasteiger partial charge in [0, 0.05) is 11.8 Å². The molecule has 98 valence electrons. The molecule has 0 amide bonds. The summed E-state index contributed by atoms with van der Waals surface area (Å²) in [4.78, 5) is 14.6. The largest absolute Gasteiger partial charge is 0.437 e. The number of aryl methyl sites for hydroxylation is 2. The van der Waals surface area contributed by atoms with E-state index in [-0.39, 0.29) is 5.69 Å². The van der Waals surface area contributed by atoms with Crippen molar-refractivity contribution in [1.29, 1.82) is 0 Å². The van der Waals surface area contributed by atoms with Gasteiger partial charge in [-0.05, 0) is 53.5 Å². The monoisotopic (exact) mass is 322 g/mol. The van der Waals surface area contributed by atoms with E-state index in [4.69, 9.17) is 4.74 Å². The lowest BCUT2D eigenvalue weighted by molar-refractivity contribution is -0.385. The molecule has 1 heterocycles. The van der Waals surface area contributed by atoms with E-state index in [1.807, 2.05) is 6.92 Å². The molecular formula is C13H11BrN2O3. The fourth-order valence-corrected chi connectivity index (χ4v) is 2.01. The van der Waals surface area contributed by atoms with Gasteiger partial charge in [-0.2, -0.15) is 0 Å². The van der Waals surface area contributed by atoms with Crippen molar-refractivity contribution in [2.24, 2.45) is 0 Å². The Morgan fingerprint density at radius 3 is 2.68 bits per heavy atom. The zero-order valence-corrected chi connectivity index (χ0v) is 12.0. The van der Waals surface area contributed by atoms with Crippen molar-refractivity contribution in [1.82, 2.24) is 4.98 Å². The SMILES string of the molecule is Cc1cc(C)c([N+](=O)[O-])cc1Oc1ncccc1Br. The van der Waals surface area contributed by atoms with E-state index in [2.05, 4.69) is 20.9 Å². The summed E-state index contributed by atoms with van der Waals surface area (Å²) in [5.41, 5.74) is 1.46. The predicted molar refractivity (Wildman–Crippen MR) is 74.6 cm³/mol. The highest BCUT2D eigenvalue weighted by Crippen LogP contribution is 2.33. The van der Waals surface area contributed by atoms with E-state index in [0.717, 1.165) is 5.56 Å². The van der Waals surface area contributed by atoms with Crippen molar-refractivity contribution in [3.63, 3.8) is 0 Å². The molecule has 1 aromatic carbocycles. The molecule has 0 saturated carbocycles. The zero-order valence-electron chi connectivity index (χ0n) is 10.4. The molecule has 19 heavy (non-hydrogen) atoms. The lowest BCUT2D eigenvalue weighted by Gasteiger charge is -2.10. The molecule has 0 spiro atoms. The summed E-state index contributed by atoms with van der Waals surface area (Å²) in [6.07, 6.45) is 1.60. The molecule has 2 aromatic rings. The topological polar surface area (TPSA) is 65.3 Å². The molecule has 0 radical (unpaired) electrons. The third kappa shape index (κ3) is 2.90. The van der Waals surface area contributed by atoms with Crippen LogP contribution in [0.3, 0.4) is 0 Å². The fourth-order valence-electron chi connectivity index (χ4n) is 1.68. The van der Waals surface area contributed by atoms with E-state index < -0.39 is 4.92 Å². The number of aromatic nitrogens is 1. The van der Waals surface area contributed by atoms with E-state index in [9.17, 15) is 10.1 Å². The molecule has 6 heteroatoms. The van der Waals surface area contributed by atoms with Gasteiger partial charge >= 0.3 is 0 Å². The molecule has 0 fully saturated rings. The number of hydrogen-bond donors (Lipinski definition) is 0. The van der Waals surface area contributed by atoms with Crippen molar-refractivity contribution in [2.75, 3.05) is 0 Å². The highest BCUT2D eigenvalue weighted by Gasteiger charge is 2.15. The van der Waals surface area contributed by atoms with Gasteiger partial charge < -0.3 is 4.74 Å². The lowest BCUT2D eigenvalue weighted by atomic mass is 10.1. The number of nitro benzene ring substituents is 1. The molecule has 5 nitrogen and oxygen atoms in total. The average molecular weight is 323 g/mol. The second-order valence-electron chi connectivity index (χ2n) is 4.05. The first-order chi connectivity index (χ1) is 8.99. The maximum atomic E-state index is 10.9. The molecule has 0 aliphatic heterocycles. The van der Waals surface area contributed by atoms with Gasteiger partial charge in [0.25, 0.3) is 5.69 Å². The Kier molecular flexibility index (Phi) is 3.80. The maximum absolute atomic E-state index is 10.9. The van der Waals surface area contributed by atoms with E-state index in [0.29, 0.717) is 21.7 Å². The smallest absolute Gasteiger partial charge is 0.276 e. The van der Waals surface area contributed by atoms with Crippen LogP contribution < -0.4 is 4.74 Å². The van der Waals surface area contributed by atoms with Crippen molar-refractivity contribution in [3.05, 3.63) is 56.2 Å². The van der Waals surface area contributed by atoms with Crippen LogP contribution in [0.2, 0.25) is 0 Å². The number of nitrogens with zero attached hydrogens (tertiary/aromatic N) is 2. The van der Waals surface area contributed by atoms with Gasteiger partial charge in [-0.15, -0.1) is 0 Å². The van der Waals surface area contributed by atoms with Gasteiger partial charge in [-0.1, -0.05) is 0 Å². The van der Waals surface area contributed by atoms with Crippen molar-refractivity contribution in [3.8, 4) is 11.6 Å². The molecule has 0 N–H and O–H groups in total. The van der Waals surface area contributed by atoms with Gasteiger partial charge in [0.2, 0.25) is 5.88 Å². The van der Waals surface area contributed by atoms with Crippen LogP contribution >= 0.6 is 15.9 Å². The minimum absolute atomic E-state index is 0.0349. The van der Waals surface area contributed by atoms with Crippen LogP contribution in [0.5, 0.6) is 11.6 Å². The first kappa shape index (κ1) is 13.5. The highest BCUT2D eigenvalue weighted by molar-refractivity contribution is 9.10. The van der Waals surface area contributed by atoms with Gasteiger partial charge in [0.05, 0.1) is 15.5 Å². The van der Waals surface area contributed by atoms with Crippen LogP contribution in [-0.4, -0.2) is 9.91 Å². The van der Waals surface area contributed by atoms with Gasteiger partial charge in [-0.25, -0.2) is 4.98 Å². The minimum Gasteiger partial charge on any atom is -0.437 e. The summed E-state index contributed by atoms with van der Waals surface area (Å²) in [6.45, 7) is 3.54. The number of rotatable bonds is 3. The van der Waals surface area contributed by atoms with Crippen molar-refractivity contribution in [2.45, 2.75) is 13.8 Å². The first-order valence-electron chi connectivity index (χ1n) is 5.53. The Morgan fingerprint density at radius 1 is 1.32 bits per heavy atom. The highest BCUT2D eigenvalue weighted by atomic mass is 79.9. The van der Waals surface area contributed by atoms with Crippen LogP contribution in [0.15, 0.2) is 34.9 Å². The average Bonchev–Trinajstić information content (AvgIpc) is 2.34. The summed E-state index contributed by atoms with van der Waals surface area (Å²) < 4.78 is 6.32. The number of benzene rings is 1. The van der Waals surface area contributed by atoms with E-state index in [1.165, 1.54) is 6.07 Å². The number of pyridine rings is 1. The molecule has 1 aromatic heterocycles. The van der Waals surface area contributed by atoms with Crippen LogP contribution in [0.4, 0.5) is 5.69 Å². The second-order valence-corrected chi connectivity index (χ2v) is 4.91. The zero-order chi connectivity index (χ0) is 14.0. The minimum atomic E-state index is -0.422. The Bertz CT molecular complexity index is 644. The fraction of sp³-hybridized carbons (Fsp3) is 0.154. The molecule has 0 unspecified atom stereocenters. The summed E-state index contributed by atoms with van der Waals surface area (Å²) in [5.74, 6) is 0.806. The number of hydrogen-bond acceptors (Lipinski definition) is 4. The summed E-state index contributed by atoms with van der Waals surface area (Å²) in [5, 5.41) is 10.9. The molecule has 2 rings (SSSR count). The Morgan fingerprint density at radius 2 is 2.05 bits per heavy atom. The third-order valence-electron chi connectivity index (χ3n) is 2.62. The summed E-state index contributed by atoms with van der Waals surface area (Å²) in [6, 6.07) is 6.71. The van der Waals surface area contributed by atoms with Gasteiger partial charge in [0.1, 0.15) is 5.75 Å². The predicted octanol–water partition coefficient (Wildman–Crippen LogP) is 4.16. The summed E-state index contributed by atoms with van der Waals surface area (Å²) in [7, 11) is 0. The lowest BCUT2D eigenvalue weighted by Crippen LogP contribution is -1.96. The molecule has 0 aliphatic carbocycles. The number of nitro groups is 1. The third-order valence-corrected chi connectivity index (χ3v) is 3.23. The Balaban J connectivity index is 2.43. The molecular weight excluding hydrogens is 312 g/mol. The number of halogens is 1. The Labute approximate surface area is 118 Å². The second kappa shape index (κ2) is 5.36.